The largest absolute Gasteiger partial charge is 0.493 e. The van der Waals surface area contributed by atoms with Gasteiger partial charge in [0, 0.05) is 18.7 Å². The van der Waals surface area contributed by atoms with E-state index >= 15 is 0 Å². The van der Waals surface area contributed by atoms with Gasteiger partial charge in [-0.25, -0.2) is 0 Å². The van der Waals surface area contributed by atoms with Gasteiger partial charge in [-0.3, -0.25) is 14.4 Å². The molecule has 0 saturated carbocycles. The van der Waals surface area contributed by atoms with E-state index in [9.17, 15) is 14.4 Å². The molecule has 8 nitrogen and oxygen atoms in total. The predicted molar refractivity (Wildman–Crippen MR) is 93.3 cm³/mol. The third kappa shape index (κ3) is 4.57. The van der Waals surface area contributed by atoms with Gasteiger partial charge < -0.3 is 24.8 Å². The summed E-state index contributed by atoms with van der Waals surface area (Å²) in [4.78, 5) is 37.0. The molecule has 1 aliphatic heterocycles. The Bertz CT molecular complexity index is 709. The minimum absolute atomic E-state index is 0.121. The van der Waals surface area contributed by atoms with Crippen molar-refractivity contribution in [2.24, 2.45) is 11.7 Å². The van der Waals surface area contributed by atoms with Gasteiger partial charge in [-0.2, -0.15) is 0 Å². The Morgan fingerprint density at radius 2 is 2.04 bits per heavy atom. The maximum absolute atomic E-state index is 12.8. The molecule has 1 atom stereocenters. The fourth-order valence-electron chi connectivity index (χ4n) is 2.83. The lowest BCUT2D eigenvalue weighted by molar-refractivity contribution is -0.146. The molecule has 1 aliphatic rings. The van der Waals surface area contributed by atoms with Gasteiger partial charge in [0.25, 0.3) is 11.8 Å². The van der Waals surface area contributed by atoms with E-state index in [1.807, 2.05) is 0 Å². The van der Waals surface area contributed by atoms with Gasteiger partial charge in [0.1, 0.15) is 0 Å². The van der Waals surface area contributed by atoms with Crippen molar-refractivity contribution in [1.29, 1.82) is 0 Å². The lowest BCUT2D eigenvalue weighted by atomic mass is 9.97. The van der Waals surface area contributed by atoms with E-state index in [4.69, 9.17) is 31.5 Å². The van der Waals surface area contributed by atoms with Crippen molar-refractivity contribution in [3.8, 4) is 11.5 Å². The SMILES string of the molecule is COC(=O)[C@H]1CCCN(C(=O)c2cc(Cl)c(OCC(N)=O)c(OC)c2)C1. The van der Waals surface area contributed by atoms with Crippen LogP contribution in [0.1, 0.15) is 23.2 Å². The fraction of sp³-hybridized carbons (Fsp3) is 0.471. The van der Waals surface area contributed by atoms with Crippen LogP contribution < -0.4 is 15.2 Å². The summed E-state index contributed by atoms with van der Waals surface area (Å²) in [6, 6.07) is 2.91. The molecule has 0 spiro atoms. The molecule has 2 N–H and O–H groups in total. The first-order valence-electron chi connectivity index (χ1n) is 8.03. The number of likely N-dealkylation sites (tertiary alicyclic amines) is 1. The Morgan fingerprint density at radius 1 is 1.31 bits per heavy atom. The summed E-state index contributed by atoms with van der Waals surface area (Å²) < 4.78 is 15.2. The number of hydrogen-bond donors (Lipinski definition) is 1. The first-order chi connectivity index (χ1) is 12.4. The van der Waals surface area contributed by atoms with Gasteiger partial charge in [0.05, 0.1) is 25.2 Å². The van der Waals surface area contributed by atoms with Gasteiger partial charge in [0.15, 0.2) is 18.1 Å². The highest BCUT2D eigenvalue weighted by molar-refractivity contribution is 6.32. The van der Waals surface area contributed by atoms with Crippen molar-refractivity contribution in [2.75, 3.05) is 33.9 Å². The minimum Gasteiger partial charge on any atom is -0.493 e. The van der Waals surface area contributed by atoms with Crippen LogP contribution in [-0.4, -0.2) is 56.6 Å². The van der Waals surface area contributed by atoms with Gasteiger partial charge in [-0.05, 0) is 25.0 Å². The first kappa shape index (κ1) is 19.8. The molecule has 2 rings (SSSR count). The second-order valence-corrected chi connectivity index (χ2v) is 6.27. The molecule has 1 aromatic carbocycles. The lowest BCUT2D eigenvalue weighted by Crippen LogP contribution is -2.42. The van der Waals surface area contributed by atoms with Crippen LogP contribution in [0.5, 0.6) is 11.5 Å². The Labute approximate surface area is 156 Å². The Morgan fingerprint density at radius 3 is 2.65 bits per heavy atom. The standard InChI is InChI=1S/C17H21ClN2O6/c1-24-13-7-11(6-12(18)15(13)26-9-14(19)21)16(22)20-5-3-4-10(8-20)17(23)25-2/h6-7,10H,3-5,8-9H2,1-2H3,(H2,19,21)/t10-/m0/s1. The fourth-order valence-corrected chi connectivity index (χ4v) is 3.10. The van der Waals surface area contributed by atoms with Crippen molar-refractivity contribution in [2.45, 2.75) is 12.8 Å². The average molecular weight is 385 g/mol. The van der Waals surface area contributed by atoms with Crippen LogP contribution in [0.25, 0.3) is 0 Å². The number of hydrogen-bond acceptors (Lipinski definition) is 6. The number of carbonyl (C=O) groups is 3. The highest BCUT2D eigenvalue weighted by atomic mass is 35.5. The van der Waals surface area contributed by atoms with E-state index in [-0.39, 0.29) is 47.5 Å². The molecule has 0 aliphatic carbocycles. The van der Waals surface area contributed by atoms with Crippen LogP contribution in [0.15, 0.2) is 12.1 Å². The average Bonchev–Trinajstić information content (AvgIpc) is 2.65. The molecule has 2 amide bonds. The summed E-state index contributed by atoms with van der Waals surface area (Å²) in [5.41, 5.74) is 5.36. The summed E-state index contributed by atoms with van der Waals surface area (Å²) in [7, 11) is 2.73. The smallest absolute Gasteiger partial charge is 0.310 e. The van der Waals surface area contributed by atoms with E-state index in [0.29, 0.717) is 24.9 Å². The molecule has 0 aromatic heterocycles. The van der Waals surface area contributed by atoms with Crippen LogP contribution in [0.4, 0.5) is 0 Å². The van der Waals surface area contributed by atoms with E-state index in [1.165, 1.54) is 26.4 Å². The number of ether oxygens (including phenoxy) is 3. The third-order valence-corrected chi connectivity index (χ3v) is 4.36. The van der Waals surface area contributed by atoms with Crippen molar-refractivity contribution in [3.63, 3.8) is 0 Å². The summed E-state index contributed by atoms with van der Waals surface area (Å²) in [6.45, 7) is 0.452. The second-order valence-electron chi connectivity index (χ2n) is 5.86. The maximum Gasteiger partial charge on any atom is 0.310 e. The molecular formula is C17H21ClN2O6. The zero-order valence-electron chi connectivity index (χ0n) is 14.6. The molecule has 1 saturated heterocycles. The molecule has 1 heterocycles. The van der Waals surface area contributed by atoms with E-state index in [0.717, 1.165) is 0 Å². The van der Waals surface area contributed by atoms with Gasteiger partial charge >= 0.3 is 5.97 Å². The van der Waals surface area contributed by atoms with Crippen molar-refractivity contribution in [3.05, 3.63) is 22.7 Å². The molecule has 142 valence electrons. The Hall–Kier alpha value is -2.48. The number of primary amides is 1. The van der Waals surface area contributed by atoms with Gasteiger partial charge in [0.2, 0.25) is 0 Å². The molecule has 9 heteroatoms. The van der Waals surface area contributed by atoms with Gasteiger partial charge in [-0.1, -0.05) is 11.6 Å². The zero-order chi connectivity index (χ0) is 19.3. The topological polar surface area (TPSA) is 108 Å². The number of nitrogens with zero attached hydrogens (tertiary/aromatic N) is 1. The van der Waals surface area contributed by atoms with Crippen LogP contribution >= 0.6 is 11.6 Å². The number of rotatable bonds is 6. The summed E-state index contributed by atoms with van der Waals surface area (Å²) in [5, 5.41) is 0.121. The van der Waals surface area contributed by atoms with E-state index in [2.05, 4.69) is 0 Å². The minimum atomic E-state index is -0.662. The van der Waals surface area contributed by atoms with Crippen molar-refractivity contribution >= 4 is 29.4 Å². The molecule has 26 heavy (non-hydrogen) atoms. The van der Waals surface area contributed by atoms with E-state index in [1.54, 1.807) is 4.90 Å². The summed E-state index contributed by atoms with van der Waals surface area (Å²) >= 11 is 6.18. The first-order valence-corrected chi connectivity index (χ1v) is 8.41. The molecular weight excluding hydrogens is 364 g/mol. The third-order valence-electron chi connectivity index (χ3n) is 4.08. The van der Waals surface area contributed by atoms with Crippen molar-refractivity contribution < 1.29 is 28.6 Å². The number of carbonyl (C=O) groups excluding carboxylic acids is 3. The van der Waals surface area contributed by atoms with Crippen LogP contribution in [-0.2, 0) is 14.3 Å². The Kier molecular flexibility index (Phi) is 6.68. The highest BCUT2D eigenvalue weighted by Gasteiger charge is 2.30. The highest BCUT2D eigenvalue weighted by Crippen LogP contribution is 2.37. The number of piperidine rings is 1. The molecule has 1 fully saturated rings. The molecule has 0 radical (unpaired) electrons. The number of benzene rings is 1. The van der Waals surface area contributed by atoms with E-state index < -0.39 is 5.91 Å². The summed E-state index contributed by atoms with van der Waals surface area (Å²) in [6.07, 6.45) is 1.39. The summed E-state index contributed by atoms with van der Waals surface area (Å²) in [5.74, 6) is -1.26. The van der Waals surface area contributed by atoms with Crippen LogP contribution in [0.3, 0.4) is 0 Å². The predicted octanol–water partition coefficient (Wildman–Crippen LogP) is 1.24. The number of halogens is 1. The lowest BCUT2D eigenvalue weighted by Gasteiger charge is -2.31. The normalized spacial score (nSPS) is 16.7. The molecule has 1 aromatic rings. The quantitative estimate of drug-likeness (QED) is 0.739. The second kappa shape index (κ2) is 8.75. The van der Waals surface area contributed by atoms with Crippen molar-refractivity contribution in [1.82, 2.24) is 4.90 Å². The number of amides is 2. The maximum atomic E-state index is 12.8. The van der Waals surface area contributed by atoms with Gasteiger partial charge in [-0.15, -0.1) is 0 Å². The Balaban J connectivity index is 2.22. The van der Waals surface area contributed by atoms with Crippen LogP contribution in [0.2, 0.25) is 5.02 Å². The number of nitrogens with two attached hydrogens (primary N) is 1. The number of esters is 1. The molecule has 0 unspecified atom stereocenters. The van der Waals surface area contributed by atoms with Crippen LogP contribution in [0, 0.1) is 5.92 Å². The zero-order valence-corrected chi connectivity index (χ0v) is 15.4. The number of methoxy groups -OCH3 is 2. The monoisotopic (exact) mass is 384 g/mol. The molecule has 0 bridgehead atoms.